The molecule has 1 heterocycles. The normalized spacial score (nSPS) is 16.1. The van der Waals surface area contributed by atoms with Crippen molar-refractivity contribution in [2.45, 2.75) is 18.6 Å². The van der Waals surface area contributed by atoms with Gasteiger partial charge in [0.05, 0.1) is 25.3 Å². The number of hydrazone groups is 1. The molecule has 1 atom stereocenters. The van der Waals surface area contributed by atoms with Gasteiger partial charge < -0.3 is 10.1 Å². The highest BCUT2D eigenvalue weighted by Gasteiger charge is 2.31. The molecule has 2 aromatic carbocycles. The minimum atomic E-state index is -4.53. The summed E-state index contributed by atoms with van der Waals surface area (Å²) in [6.07, 6.45) is -3.40. The Bertz CT molecular complexity index is 1040. The van der Waals surface area contributed by atoms with Crippen molar-refractivity contribution in [2.24, 2.45) is 10.1 Å². The highest BCUT2D eigenvalue weighted by atomic mass is 19.4. The Morgan fingerprint density at radius 1 is 1.26 bits per heavy atom. The van der Waals surface area contributed by atoms with Crippen LogP contribution in [0.2, 0.25) is 0 Å². The Morgan fingerprint density at radius 2 is 2.03 bits per heavy atom. The van der Waals surface area contributed by atoms with Crippen LogP contribution in [0.4, 0.5) is 18.9 Å². The molecule has 0 bridgehead atoms. The van der Waals surface area contributed by atoms with Gasteiger partial charge in [0.25, 0.3) is 5.91 Å². The number of hydrogen-bond donors (Lipinski definition) is 3. The van der Waals surface area contributed by atoms with E-state index in [0.29, 0.717) is 11.3 Å². The quantitative estimate of drug-likeness (QED) is 0.481. The highest BCUT2D eigenvalue weighted by molar-refractivity contribution is 6.07. The zero-order chi connectivity index (χ0) is 22.4. The molecule has 0 aliphatic carbocycles. The van der Waals surface area contributed by atoms with Gasteiger partial charge in [-0.25, -0.2) is 10.4 Å². The van der Waals surface area contributed by atoms with E-state index in [1.807, 2.05) is 0 Å². The summed E-state index contributed by atoms with van der Waals surface area (Å²) in [5, 5.41) is 8.76. The number of rotatable bonds is 6. The van der Waals surface area contributed by atoms with Crippen LogP contribution in [0.5, 0.6) is 5.75 Å². The number of alkyl halides is 3. The van der Waals surface area contributed by atoms with E-state index in [0.717, 1.165) is 12.1 Å². The monoisotopic (exact) mass is 433 g/mol. The standard InChI is InChI=1S/C20H18F3N5O3/c1-31-16-8-3-2-5-12(16)11-24-28-19-26-15(18(30)27-19)10-17(29)25-14-7-4-6-13(9-14)20(21,22)23/h2-9,11,15H,10H2,1H3,(H,25,29)(H2,26,27,28,30)/b24-11+. The topological polar surface area (TPSA) is 104 Å². The molecule has 0 spiro atoms. The summed E-state index contributed by atoms with van der Waals surface area (Å²) in [4.78, 5) is 28.2. The maximum Gasteiger partial charge on any atom is 0.416 e. The number of nitrogens with zero attached hydrogens (tertiary/aromatic N) is 2. The third-order valence-corrected chi connectivity index (χ3v) is 4.19. The Hall–Kier alpha value is -3.89. The van der Waals surface area contributed by atoms with E-state index < -0.39 is 29.6 Å². The molecule has 0 saturated carbocycles. The smallest absolute Gasteiger partial charge is 0.416 e. The van der Waals surface area contributed by atoms with Crippen LogP contribution in [0.1, 0.15) is 17.5 Å². The first-order chi connectivity index (χ1) is 14.8. The molecule has 3 N–H and O–H groups in total. The summed E-state index contributed by atoms with van der Waals surface area (Å²) in [7, 11) is 1.52. The molecule has 11 heteroatoms. The lowest BCUT2D eigenvalue weighted by molar-refractivity contribution is -0.137. The average Bonchev–Trinajstić information content (AvgIpc) is 3.06. The number of carbonyl (C=O) groups excluding carboxylic acids is 2. The molecule has 0 aromatic heterocycles. The van der Waals surface area contributed by atoms with E-state index in [-0.39, 0.29) is 18.1 Å². The second kappa shape index (κ2) is 9.28. The number of hydrogen-bond acceptors (Lipinski definition) is 6. The second-order valence-corrected chi connectivity index (χ2v) is 6.43. The Morgan fingerprint density at radius 3 is 2.77 bits per heavy atom. The van der Waals surface area contributed by atoms with Gasteiger partial charge in [0.1, 0.15) is 11.8 Å². The van der Waals surface area contributed by atoms with Gasteiger partial charge in [-0.15, -0.1) is 0 Å². The molecule has 2 aromatic rings. The molecular formula is C20H18F3N5O3. The SMILES string of the molecule is COc1ccccc1/C=N/NC1=NC(CC(=O)Nc2cccc(C(F)(F)F)c2)C(=O)N1. The second-order valence-electron chi connectivity index (χ2n) is 6.43. The number of guanidine groups is 1. The first-order valence-electron chi connectivity index (χ1n) is 9.04. The van der Waals surface area contributed by atoms with Crippen LogP contribution in [0, 0.1) is 0 Å². The van der Waals surface area contributed by atoms with E-state index in [1.54, 1.807) is 24.3 Å². The molecule has 8 nitrogen and oxygen atoms in total. The molecule has 1 unspecified atom stereocenters. The van der Waals surface area contributed by atoms with Crippen molar-refractivity contribution in [1.29, 1.82) is 0 Å². The van der Waals surface area contributed by atoms with Gasteiger partial charge in [-0.2, -0.15) is 18.3 Å². The first kappa shape index (κ1) is 21.8. The molecule has 162 valence electrons. The maximum absolute atomic E-state index is 12.8. The molecule has 2 amide bonds. The number of aliphatic imine (C=N–C) groups is 1. The van der Waals surface area contributed by atoms with Crippen LogP contribution in [-0.4, -0.2) is 37.1 Å². The van der Waals surface area contributed by atoms with Gasteiger partial charge in [0.15, 0.2) is 0 Å². The summed E-state index contributed by atoms with van der Waals surface area (Å²) in [5.74, 6) is -0.529. The molecule has 1 aliphatic heterocycles. The number of amides is 2. The van der Waals surface area contributed by atoms with Crippen LogP contribution in [-0.2, 0) is 15.8 Å². The first-order valence-corrected chi connectivity index (χ1v) is 9.04. The molecule has 0 radical (unpaired) electrons. The van der Waals surface area contributed by atoms with Crippen LogP contribution < -0.4 is 20.8 Å². The third-order valence-electron chi connectivity index (χ3n) is 4.19. The Labute approximate surface area is 175 Å². The number of halogens is 3. The molecular weight excluding hydrogens is 415 g/mol. The summed E-state index contributed by atoms with van der Waals surface area (Å²) in [6.45, 7) is 0. The minimum Gasteiger partial charge on any atom is -0.496 e. The van der Waals surface area contributed by atoms with Crippen LogP contribution in [0.15, 0.2) is 58.6 Å². The van der Waals surface area contributed by atoms with Crippen molar-refractivity contribution in [3.63, 3.8) is 0 Å². The minimum absolute atomic E-state index is 0.0260. The fourth-order valence-corrected chi connectivity index (χ4v) is 2.74. The summed E-state index contributed by atoms with van der Waals surface area (Å²) < 4.78 is 43.5. The number of anilines is 1. The molecule has 0 fully saturated rings. The molecule has 3 rings (SSSR count). The van der Waals surface area contributed by atoms with Crippen molar-refractivity contribution in [3.05, 3.63) is 59.7 Å². The van der Waals surface area contributed by atoms with Gasteiger partial charge in [-0.3, -0.25) is 14.9 Å². The van der Waals surface area contributed by atoms with E-state index >= 15 is 0 Å². The van der Waals surface area contributed by atoms with Gasteiger partial charge in [-0.1, -0.05) is 18.2 Å². The maximum atomic E-state index is 12.8. The van der Waals surface area contributed by atoms with Crippen molar-refractivity contribution in [3.8, 4) is 5.75 Å². The molecule has 31 heavy (non-hydrogen) atoms. The number of carbonyl (C=O) groups is 2. The fourth-order valence-electron chi connectivity index (χ4n) is 2.74. The van der Waals surface area contributed by atoms with Crippen molar-refractivity contribution < 1.29 is 27.5 Å². The van der Waals surface area contributed by atoms with Gasteiger partial charge >= 0.3 is 6.18 Å². The van der Waals surface area contributed by atoms with Crippen LogP contribution in [0.3, 0.4) is 0 Å². The predicted molar refractivity (Wildman–Crippen MR) is 108 cm³/mol. The lowest BCUT2D eigenvalue weighted by Gasteiger charge is -2.10. The number of ether oxygens (including phenoxy) is 1. The predicted octanol–water partition coefficient (Wildman–Crippen LogP) is 2.52. The third kappa shape index (κ3) is 5.81. The molecule has 0 saturated heterocycles. The van der Waals surface area contributed by atoms with Crippen LogP contribution >= 0.6 is 0 Å². The molecule has 1 aliphatic rings. The largest absolute Gasteiger partial charge is 0.496 e. The van der Waals surface area contributed by atoms with Gasteiger partial charge in [0, 0.05) is 11.3 Å². The van der Waals surface area contributed by atoms with E-state index in [1.165, 1.54) is 25.5 Å². The summed E-state index contributed by atoms with van der Waals surface area (Å²) in [5.41, 5.74) is 2.34. The number of nitrogens with one attached hydrogen (secondary N) is 3. The zero-order valence-electron chi connectivity index (χ0n) is 16.2. The van der Waals surface area contributed by atoms with E-state index in [2.05, 4.69) is 26.2 Å². The lowest BCUT2D eigenvalue weighted by atomic mass is 10.1. The summed E-state index contributed by atoms with van der Waals surface area (Å²) >= 11 is 0. The lowest BCUT2D eigenvalue weighted by Crippen LogP contribution is -2.35. The van der Waals surface area contributed by atoms with E-state index in [4.69, 9.17) is 4.74 Å². The number of benzene rings is 2. The average molecular weight is 433 g/mol. The fraction of sp³-hybridized carbons (Fsp3) is 0.200. The van der Waals surface area contributed by atoms with Gasteiger partial charge in [0.2, 0.25) is 11.9 Å². The summed E-state index contributed by atoms with van der Waals surface area (Å²) in [6, 6.07) is 10.3. The Balaban J connectivity index is 1.58. The highest BCUT2D eigenvalue weighted by Crippen LogP contribution is 2.30. The van der Waals surface area contributed by atoms with Crippen LogP contribution in [0.25, 0.3) is 0 Å². The zero-order valence-corrected chi connectivity index (χ0v) is 16.2. The van der Waals surface area contributed by atoms with Crippen molar-refractivity contribution in [1.82, 2.24) is 10.7 Å². The van der Waals surface area contributed by atoms with Gasteiger partial charge in [-0.05, 0) is 30.3 Å². The number of methoxy groups -OCH3 is 1. The van der Waals surface area contributed by atoms with E-state index in [9.17, 15) is 22.8 Å². The van der Waals surface area contributed by atoms with Crippen molar-refractivity contribution >= 4 is 29.7 Å². The van der Waals surface area contributed by atoms with Crippen molar-refractivity contribution in [2.75, 3.05) is 12.4 Å². The number of para-hydroxylation sites is 1. The Kier molecular flexibility index (Phi) is 6.53.